The summed E-state index contributed by atoms with van der Waals surface area (Å²) in [6, 6.07) is 10.7. The number of carbonyl (C=O) groups excluding carboxylic acids is 1. The minimum Gasteiger partial charge on any atom is -0.326 e. The Balaban J connectivity index is 1.57. The Bertz CT molecular complexity index is 662. The summed E-state index contributed by atoms with van der Waals surface area (Å²) >= 11 is 0. The minimum atomic E-state index is 0.0308. The number of aryl methyl sites for hydroxylation is 1. The summed E-state index contributed by atoms with van der Waals surface area (Å²) < 4.78 is 1.78. The predicted octanol–water partition coefficient (Wildman–Crippen LogP) is 3.68. The molecule has 134 valence electrons. The average Bonchev–Trinajstić information content (AvgIpc) is 3.16. The van der Waals surface area contributed by atoms with Gasteiger partial charge in [0, 0.05) is 43.6 Å². The van der Waals surface area contributed by atoms with E-state index in [2.05, 4.69) is 28.4 Å². The molecular formula is C20H28N4O. The molecule has 0 spiro atoms. The first-order valence-electron chi connectivity index (χ1n) is 9.28. The lowest BCUT2D eigenvalue weighted by molar-refractivity contribution is -0.116. The molecule has 5 heteroatoms. The van der Waals surface area contributed by atoms with Crippen LogP contribution in [-0.2, 0) is 17.9 Å². The van der Waals surface area contributed by atoms with Crippen molar-refractivity contribution in [2.24, 2.45) is 0 Å². The maximum Gasteiger partial charge on any atom is 0.226 e. The maximum absolute atomic E-state index is 12.3. The van der Waals surface area contributed by atoms with E-state index in [1.807, 2.05) is 30.5 Å². The lowest BCUT2D eigenvalue weighted by atomic mass is 9.94. The summed E-state index contributed by atoms with van der Waals surface area (Å²) in [6.07, 6.45) is 10.6. The molecule has 0 bridgehead atoms. The lowest BCUT2D eigenvalue weighted by Crippen LogP contribution is -2.33. The largest absolute Gasteiger partial charge is 0.326 e. The molecule has 0 radical (unpaired) electrons. The molecule has 1 amide bonds. The number of amides is 1. The first-order chi connectivity index (χ1) is 12.2. The van der Waals surface area contributed by atoms with Crippen LogP contribution in [0.4, 0.5) is 5.69 Å². The second kappa shape index (κ2) is 8.81. The van der Waals surface area contributed by atoms with Crippen LogP contribution in [0.3, 0.4) is 0 Å². The van der Waals surface area contributed by atoms with Crippen molar-refractivity contribution < 1.29 is 4.79 Å². The van der Waals surface area contributed by atoms with Crippen LogP contribution >= 0.6 is 0 Å². The van der Waals surface area contributed by atoms with E-state index in [1.54, 1.807) is 10.9 Å². The Labute approximate surface area is 150 Å². The molecule has 25 heavy (non-hydrogen) atoms. The van der Waals surface area contributed by atoms with Crippen molar-refractivity contribution in [2.45, 2.75) is 57.7 Å². The van der Waals surface area contributed by atoms with Crippen LogP contribution in [0.15, 0.2) is 42.7 Å². The van der Waals surface area contributed by atoms with Crippen molar-refractivity contribution >= 4 is 11.6 Å². The second-order valence-corrected chi connectivity index (χ2v) is 6.93. The molecule has 5 nitrogen and oxygen atoms in total. The van der Waals surface area contributed by atoms with Gasteiger partial charge in [0.05, 0.1) is 0 Å². The van der Waals surface area contributed by atoms with E-state index in [4.69, 9.17) is 0 Å². The monoisotopic (exact) mass is 340 g/mol. The van der Waals surface area contributed by atoms with Gasteiger partial charge in [-0.3, -0.25) is 14.4 Å². The third-order valence-electron chi connectivity index (χ3n) is 5.04. The number of carbonyl (C=O) groups is 1. The molecule has 1 N–H and O–H groups in total. The average molecular weight is 340 g/mol. The van der Waals surface area contributed by atoms with E-state index in [-0.39, 0.29) is 5.91 Å². The third kappa shape index (κ3) is 5.16. The van der Waals surface area contributed by atoms with Crippen LogP contribution in [0, 0.1) is 0 Å². The summed E-state index contributed by atoms with van der Waals surface area (Å²) in [5, 5.41) is 7.21. The topological polar surface area (TPSA) is 50.2 Å². The van der Waals surface area contributed by atoms with Crippen molar-refractivity contribution in [3.63, 3.8) is 0 Å². The minimum absolute atomic E-state index is 0.0308. The lowest BCUT2D eigenvalue weighted by Gasteiger charge is -2.31. The highest BCUT2D eigenvalue weighted by Crippen LogP contribution is 2.25. The van der Waals surface area contributed by atoms with Crippen molar-refractivity contribution in [3.8, 4) is 0 Å². The molecule has 1 aromatic carbocycles. The summed E-state index contributed by atoms with van der Waals surface area (Å²) in [6.45, 7) is 1.48. The van der Waals surface area contributed by atoms with Crippen LogP contribution in [0.25, 0.3) is 0 Å². The van der Waals surface area contributed by atoms with Gasteiger partial charge in [-0.05, 0) is 37.6 Å². The zero-order chi connectivity index (χ0) is 17.5. The summed E-state index contributed by atoms with van der Waals surface area (Å²) in [4.78, 5) is 14.7. The van der Waals surface area contributed by atoms with E-state index in [0.717, 1.165) is 12.2 Å². The van der Waals surface area contributed by atoms with Crippen molar-refractivity contribution in [1.82, 2.24) is 14.7 Å². The fourth-order valence-corrected chi connectivity index (χ4v) is 3.56. The molecular weight excluding hydrogens is 312 g/mol. The highest BCUT2D eigenvalue weighted by Gasteiger charge is 2.19. The van der Waals surface area contributed by atoms with Gasteiger partial charge in [0.1, 0.15) is 0 Å². The zero-order valence-electron chi connectivity index (χ0n) is 15.0. The van der Waals surface area contributed by atoms with E-state index in [0.29, 0.717) is 19.0 Å². The molecule has 0 saturated heterocycles. The van der Waals surface area contributed by atoms with Gasteiger partial charge in [0.2, 0.25) is 5.91 Å². The van der Waals surface area contributed by atoms with Crippen LogP contribution in [0.5, 0.6) is 0 Å². The SMILES string of the molecule is CN(Cc1ccccc1NC(=O)CCn1cccn1)C1CCCCC1. The predicted molar refractivity (Wildman–Crippen MR) is 100 cm³/mol. The van der Waals surface area contributed by atoms with Crippen LogP contribution in [-0.4, -0.2) is 33.7 Å². The summed E-state index contributed by atoms with van der Waals surface area (Å²) in [5.41, 5.74) is 2.11. The van der Waals surface area contributed by atoms with Crippen molar-refractivity contribution in [2.75, 3.05) is 12.4 Å². The van der Waals surface area contributed by atoms with Crippen LogP contribution in [0.1, 0.15) is 44.1 Å². The fraction of sp³-hybridized carbons (Fsp3) is 0.500. The van der Waals surface area contributed by atoms with Gasteiger partial charge in [0.25, 0.3) is 0 Å². The molecule has 1 fully saturated rings. The summed E-state index contributed by atoms with van der Waals surface area (Å²) in [7, 11) is 2.20. The Morgan fingerprint density at radius 2 is 2.04 bits per heavy atom. The third-order valence-corrected chi connectivity index (χ3v) is 5.04. The Kier molecular flexibility index (Phi) is 6.23. The molecule has 0 aliphatic heterocycles. The van der Waals surface area contributed by atoms with Gasteiger partial charge in [-0.2, -0.15) is 5.10 Å². The Hall–Kier alpha value is -2.14. The van der Waals surface area contributed by atoms with Gasteiger partial charge in [-0.1, -0.05) is 37.5 Å². The van der Waals surface area contributed by atoms with Crippen LogP contribution < -0.4 is 5.32 Å². The standard InChI is InChI=1S/C20H28N4O/c1-23(18-9-3-2-4-10-18)16-17-8-5-6-11-19(17)22-20(25)12-15-24-14-7-13-21-24/h5-8,11,13-14,18H,2-4,9-10,12,15-16H2,1H3,(H,22,25). The van der Waals surface area contributed by atoms with E-state index in [1.165, 1.54) is 37.7 Å². The maximum atomic E-state index is 12.3. The molecule has 1 aliphatic rings. The molecule has 1 aromatic heterocycles. The Morgan fingerprint density at radius 3 is 2.80 bits per heavy atom. The molecule has 2 aromatic rings. The Morgan fingerprint density at radius 1 is 1.24 bits per heavy atom. The number of nitrogens with zero attached hydrogens (tertiary/aromatic N) is 3. The van der Waals surface area contributed by atoms with Gasteiger partial charge in [0.15, 0.2) is 0 Å². The van der Waals surface area contributed by atoms with Crippen molar-refractivity contribution in [1.29, 1.82) is 0 Å². The molecule has 0 atom stereocenters. The number of anilines is 1. The first-order valence-corrected chi connectivity index (χ1v) is 9.28. The summed E-state index contributed by atoms with van der Waals surface area (Å²) in [5.74, 6) is 0.0308. The second-order valence-electron chi connectivity index (χ2n) is 6.93. The quantitative estimate of drug-likeness (QED) is 0.836. The highest BCUT2D eigenvalue weighted by molar-refractivity contribution is 5.91. The molecule has 0 unspecified atom stereocenters. The van der Waals surface area contributed by atoms with Gasteiger partial charge in [-0.15, -0.1) is 0 Å². The number of hydrogen-bond donors (Lipinski definition) is 1. The fourth-order valence-electron chi connectivity index (χ4n) is 3.56. The van der Waals surface area contributed by atoms with E-state index < -0.39 is 0 Å². The van der Waals surface area contributed by atoms with E-state index >= 15 is 0 Å². The smallest absolute Gasteiger partial charge is 0.226 e. The molecule has 1 heterocycles. The van der Waals surface area contributed by atoms with Gasteiger partial charge >= 0.3 is 0 Å². The molecule has 1 saturated carbocycles. The number of aromatic nitrogens is 2. The van der Waals surface area contributed by atoms with E-state index in [9.17, 15) is 4.79 Å². The normalized spacial score (nSPS) is 15.4. The number of benzene rings is 1. The molecule has 1 aliphatic carbocycles. The van der Waals surface area contributed by atoms with Crippen molar-refractivity contribution in [3.05, 3.63) is 48.3 Å². The molecule has 3 rings (SSSR count). The highest BCUT2D eigenvalue weighted by atomic mass is 16.1. The van der Waals surface area contributed by atoms with Crippen LogP contribution in [0.2, 0.25) is 0 Å². The number of hydrogen-bond acceptors (Lipinski definition) is 3. The number of rotatable bonds is 7. The number of para-hydroxylation sites is 1. The zero-order valence-corrected chi connectivity index (χ0v) is 15.0. The van der Waals surface area contributed by atoms with Gasteiger partial charge in [-0.25, -0.2) is 0 Å². The van der Waals surface area contributed by atoms with Gasteiger partial charge < -0.3 is 5.32 Å². The first kappa shape index (κ1) is 17.7. The number of nitrogens with one attached hydrogen (secondary N) is 1.